The molecule has 1 aliphatic rings. The number of hydrogen-bond acceptors (Lipinski definition) is 4. The standard InChI is InChI=1S/C22H22BrClN2O4/c1-3-14-4-6-16(7-5-14)26-11-15(9-21(26)28)22(29)30-12-20(27)25-19-10-18(24)17(23)8-13(19)2/h4-8,10,15H,3,9,11-12H2,1-2H3,(H,25,27)/t15-/m1/s1. The van der Waals surface area contributed by atoms with Gasteiger partial charge in [0.15, 0.2) is 6.61 Å². The quantitative estimate of drug-likeness (QED) is 0.601. The Morgan fingerprint density at radius 2 is 1.97 bits per heavy atom. The minimum Gasteiger partial charge on any atom is -0.455 e. The maximum Gasteiger partial charge on any atom is 0.311 e. The molecule has 1 fully saturated rings. The van der Waals surface area contributed by atoms with Crippen molar-refractivity contribution in [1.82, 2.24) is 0 Å². The number of carbonyl (C=O) groups excluding carboxylic acids is 3. The smallest absolute Gasteiger partial charge is 0.311 e. The van der Waals surface area contributed by atoms with Crippen molar-refractivity contribution in [3.63, 3.8) is 0 Å². The van der Waals surface area contributed by atoms with Crippen molar-refractivity contribution < 1.29 is 19.1 Å². The number of aryl methyl sites for hydroxylation is 2. The van der Waals surface area contributed by atoms with Crippen LogP contribution in [0.4, 0.5) is 11.4 Å². The van der Waals surface area contributed by atoms with E-state index in [1.807, 2.05) is 31.2 Å². The lowest BCUT2D eigenvalue weighted by Gasteiger charge is -2.17. The average molecular weight is 494 g/mol. The minimum absolute atomic E-state index is 0.0669. The Hall–Kier alpha value is -2.38. The number of carbonyl (C=O) groups is 3. The molecule has 1 N–H and O–H groups in total. The first-order chi connectivity index (χ1) is 14.3. The Bertz CT molecular complexity index is 978. The van der Waals surface area contributed by atoms with Gasteiger partial charge in [0, 0.05) is 28.8 Å². The van der Waals surface area contributed by atoms with Gasteiger partial charge in [-0.2, -0.15) is 0 Å². The molecule has 1 saturated heterocycles. The van der Waals surface area contributed by atoms with E-state index in [1.54, 1.807) is 17.0 Å². The van der Waals surface area contributed by atoms with Crippen molar-refractivity contribution in [3.05, 3.63) is 57.0 Å². The van der Waals surface area contributed by atoms with Crippen LogP contribution in [0.2, 0.25) is 5.02 Å². The highest BCUT2D eigenvalue weighted by Crippen LogP contribution is 2.29. The van der Waals surface area contributed by atoms with Gasteiger partial charge in [-0.1, -0.05) is 30.7 Å². The van der Waals surface area contributed by atoms with Gasteiger partial charge < -0.3 is 15.0 Å². The number of nitrogens with one attached hydrogen (secondary N) is 1. The molecule has 158 valence electrons. The first kappa shape index (κ1) is 22.3. The molecule has 0 aromatic heterocycles. The van der Waals surface area contributed by atoms with E-state index in [0.29, 0.717) is 10.7 Å². The normalized spacial score (nSPS) is 15.9. The van der Waals surface area contributed by atoms with E-state index < -0.39 is 24.4 Å². The van der Waals surface area contributed by atoms with Crippen molar-refractivity contribution in [2.45, 2.75) is 26.7 Å². The molecular formula is C22H22BrClN2O4. The predicted molar refractivity (Wildman–Crippen MR) is 120 cm³/mol. The Morgan fingerprint density at radius 1 is 1.27 bits per heavy atom. The molecule has 0 spiro atoms. The molecule has 0 unspecified atom stereocenters. The van der Waals surface area contributed by atoms with Crippen LogP contribution < -0.4 is 10.2 Å². The molecule has 1 aliphatic heterocycles. The van der Waals surface area contributed by atoms with Gasteiger partial charge in [-0.15, -0.1) is 0 Å². The van der Waals surface area contributed by atoms with Gasteiger partial charge in [-0.3, -0.25) is 14.4 Å². The number of benzene rings is 2. The zero-order valence-electron chi connectivity index (χ0n) is 16.7. The summed E-state index contributed by atoms with van der Waals surface area (Å²) < 4.78 is 5.88. The molecule has 1 heterocycles. The van der Waals surface area contributed by atoms with Crippen LogP contribution >= 0.6 is 27.5 Å². The fourth-order valence-electron chi connectivity index (χ4n) is 3.25. The van der Waals surface area contributed by atoms with Crippen LogP contribution in [0.25, 0.3) is 0 Å². The summed E-state index contributed by atoms with van der Waals surface area (Å²) in [6.07, 6.45) is 0.981. The largest absolute Gasteiger partial charge is 0.455 e. The molecule has 2 aromatic rings. The van der Waals surface area contributed by atoms with E-state index in [-0.39, 0.29) is 18.9 Å². The van der Waals surface area contributed by atoms with Crippen LogP contribution in [0.3, 0.4) is 0 Å². The van der Waals surface area contributed by atoms with Crippen LogP contribution in [0.15, 0.2) is 40.9 Å². The number of esters is 1. The summed E-state index contributed by atoms with van der Waals surface area (Å²) in [4.78, 5) is 38.5. The predicted octanol–water partition coefficient (Wildman–Crippen LogP) is 4.51. The van der Waals surface area contributed by atoms with Crippen LogP contribution in [0, 0.1) is 12.8 Å². The van der Waals surface area contributed by atoms with Crippen molar-refractivity contribution in [1.29, 1.82) is 0 Å². The topological polar surface area (TPSA) is 75.7 Å². The Labute approximate surface area is 188 Å². The lowest BCUT2D eigenvalue weighted by Crippen LogP contribution is -2.28. The van der Waals surface area contributed by atoms with Crippen LogP contribution in [0.5, 0.6) is 0 Å². The number of ether oxygens (including phenoxy) is 1. The third-order valence-electron chi connectivity index (χ3n) is 5.00. The van der Waals surface area contributed by atoms with Gasteiger partial charge in [-0.25, -0.2) is 0 Å². The Kier molecular flexibility index (Phi) is 7.15. The molecule has 0 aliphatic carbocycles. The average Bonchev–Trinajstić information content (AvgIpc) is 3.12. The van der Waals surface area contributed by atoms with Gasteiger partial charge >= 0.3 is 5.97 Å². The van der Waals surface area contributed by atoms with E-state index >= 15 is 0 Å². The minimum atomic E-state index is -0.597. The summed E-state index contributed by atoms with van der Waals surface area (Å²) in [6.45, 7) is 3.70. The number of nitrogens with zero attached hydrogens (tertiary/aromatic N) is 1. The summed E-state index contributed by atoms with van der Waals surface area (Å²) >= 11 is 9.38. The molecule has 0 bridgehead atoms. The number of hydrogen-bond donors (Lipinski definition) is 1. The first-order valence-corrected chi connectivity index (χ1v) is 10.8. The molecule has 0 radical (unpaired) electrons. The van der Waals surface area contributed by atoms with E-state index in [1.165, 1.54) is 5.56 Å². The van der Waals surface area contributed by atoms with Gasteiger partial charge in [0.2, 0.25) is 5.91 Å². The molecule has 2 aromatic carbocycles. The third-order valence-corrected chi connectivity index (χ3v) is 6.20. The van der Waals surface area contributed by atoms with E-state index in [4.69, 9.17) is 16.3 Å². The Balaban J connectivity index is 1.54. The van der Waals surface area contributed by atoms with Crippen molar-refractivity contribution >= 4 is 56.7 Å². The van der Waals surface area contributed by atoms with E-state index in [0.717, 1.165) is 22.1 Å². The maximum absolute atomic E-state index is 12.4. The summed E-state index contributed by atoms with van der Waals surface area (Å²) in [6, 6.07) is 11.1. The van der Waals surface area contributed by atoms with Crippen molar-refractivity contribution in [3.8, 4) is 0 Å². The summed E-state index contributed by atoms with van der Waals surface area (Å²) in [5, 5.41) is 3.14. The molecule has 2 amide bonds. The lowest BCUT2D eigenvalue weighted by atomic mass is 10.1. The van der Waals surface area contributed by atoms with E-state index in [9.17, 15) is 14.4 Å². The number of rotatable bonds is 6. The third kappa shape index (κ3) is 5.21. The van der Waals surface area contributed by atoms with Gasteiger partial charge in [0.25, 0.3) is 5.91 Å². The molecule has 30 heavy (non-hydrogen) atoms. The van der Waals surface area contributed by atoms with E-state index in [2.05, 4.69) is 28.2 Å². The fourth-order valence-corrected chi connectivity index (χ4v) is 3.87. The molecule has 6 nitrogen and oxygen atoms in total. The highest BCUT2D eigenvalue weighted by molar-refractivity contribution is 9.10. The Morgan fingerprint density at radius 3 is 2.63 bits per heavy atom. The maximum atomic E-state index is 12.4. The molecule has 1 atom stereocenters. The van der Waals surface area contributed by atoms with Crippen molar-refractivity contribution in [2.24, 2.45) is 5.92 Å². The second-order valence-electron chi connectivity index (χ2n) is 7.16. The molecule has 0 saturated carbocycles. The second-order valence-corrected chi connectivity index (χ2v) is 8.42. The van der Waals surface area contributed by atoms with Crippen LogP contribution in [0.1, 0.15) is 24.5 Å². The molecular weight excluding hydrogens is 472 g/mol. The summed E-state index contributed by atoms with van der Waals surface area (Å²) in [5.41, 5.74) is 3.29. The number of halogens is 2. The van der Waals surface area contributed by atoms with Crippen molar-refractivity contribution in [2.75, 3.05) is 23.4 Å². The molecule has 8 heteroatoms. The van der Waals surface area contributed by atoms with Gasteiger partial charge in [-0.05, 0) is 64.7 Å². The first-order valence-electron chi connectivity index (χ1n) is 9.60. The van der Waals surface area contributed by atoms with Gasteiger partial charge in [0.05, 0.1) is 10.9 Å². The van der Waals surface area contributed by atoms with Crippen LogP contribution in [-0.4, -0.2) is 30.9 Å². The summed E-state index contributed by atoms with van der Waals surface area (Å²) in [5.74, 6) is -1.76. The highest BCUT2D eigenvalue weighted by atomic mass is 79.9. The zero-order chi connectivity index (χ0) is 21.8. The van der Waals surface area contributed by atoms with Gasteiger partial charge in [0.1, 0.15) is 0 Å². The number of amides is 2. The van der Waals surface area contributed by atoms with Crippen LogP contribution in [-0.2, 0) is 25.5 Å². The fraction of sp³-hybridized carbons (Fsp3) is 0.318. The molecule has 3 rings (SSSR count). The highest BCUT2D eigenvalue weighted by Gasteiger charge is 2.36. The second kappa shape index (κ2) is 9.62. The number of anilines is 2. The summed E-state index contributed by atoms with van der Waals surface area (Å²) in [7, 11) is 0. The SMILES string of the molecule is CCc1ccc(N2C[C@H](C(=O)OCC(=O)Nc3cc(Cl)c(Br)cc3C)CC2=O)cc1. The monoisotopic (exact) mass is 492 g/mol. The lowest BCUT2D eigenvalue weighted by molar-refractivity contribution is -0.151. The zero-order valence-corrected chi connectivity index (χ0v) is 19.0.